The quantitative estimate of drug-likeness (QED) is 0.755. The molecule has 0 aliphatic heterocycles. The number of amides is 2. The third-order valence-corrected chi connectivity index (χ3v) is 3.47. The van der Waals surface area contributed by atoms with Gasteiger partial charge in [-0.15, -0.1) is 0 Å². The Kier molecular flexibility index (Phi) is 7.61. The molecule has 1 rings (SSSR count). The minimum atomic E-state index is -0.648. The molecule has 7 nitrogen and oxygen atoms in total. The van der Waals surface area contributed by atoms with Crippen molar-refractivity contribution >= 4 is 23.7 Å². The van der Waals surface area contributed by atoms with Crippen molar-refractivity contribution < 1.29 is 23.9 Å². The van der Waals surface area contributed by atoms with E-state index in [0.717, 1.165) is 0 Å². The summed E-state index contributed by atoms with van der Waals surface area (Å²) in [7, 11) is 0. The van der Waals surface area contributed by atoms with Gasteiger partial charge >= 0.3 is 12.1 Å². The summed E-state index contributed by atoms with van der Waals surface area (Å²) in [5, 5.41) is 5.30. The predicted octanol–water partition coefficient (Wildman–Crippen LogP) is 3.35. The lowest BCUT2D eigenvalue weighted by Crippen LogP contribution is -2.38. The van der Waals surface area contributed by atoms with Gasteiger partial charge in [0.2, 0.25) is 0 Å². The molecule has 7 heteroatoms. The van der Waals surface area contributed by atoms with Crippen LogP contribution in [0.5, 0.6) is 0 Å². The molecule has 144 valence electrons. The van der Waals surface area contributed by atoms with Crippen LogP contribution in [-0.4, -0.2) is 36.2 Å². The molecule has 0 spiro atoms. The minimum Gasteiger partial charge on any atom is -0.452 e. The van der Waals surface area contributed by atoms with Gasteiger partial charge in [0, 0.05) is 11.7 Å². The van der Waals surface area contributed by atoms with Crippen LogP contribution >= 0.6 is 0 Å². The standard InChI is InChI=1S/C19H28N2O5/c1-12(2)13(3)20-16(22)11-25-17(23)14-8-7-9-15(10-14)21-18(24)26-19(4,5)6/h7-10,12-13H,11H2,1-6H3,(H,20,22)(H,21,24)/t13-/m0/s1. The number of carbonyl (C=O) groups excluding carboxylic acids is 3. The molecule has 1 aromatic rings. The SMILES string of the molecule is CC(C)[C@H](C)NC(=O)COC(=O)c1cccc(NC(=O)OC(C)(C)C)c1. The highest BCUT2D eigenvalue weighted by molar-refractivity contribution is 5.93. The monoisotopic (exact) mass is 364 g/mol. The van der Waals surface area contributed by atoms with E-state index in [1.54, 1.807) is 32.9 Å². The highest BCUT2D eigenvalue weighted by Crippen LogP contribution is 2.14. The molecule has 0 heterocycles. The van der Waals surface area contributed by atoms with Gasteiger partial charge in [-0.3, -0.25) is 10.1 Å². The number of carbonyl (C=O) groups is 3. The van der Waals surface area contributed by atoms with Gasteiger partial charge in [-0.1, -0.05) is 19.9 Å². The molecule has 0 aromatic heterocycles. The summed E-state index contributed by atoms with van der Waals surface area (Å²) in [5.41, 5.74) is -0.00367. The third kappa shape index (κ3) is 8.00. The molecule has 0 fully saturated rings. The first kappa shape index (κ1) is 21.5. The number of esters is 1. The predicted molar refractivity (Wildman–Crippen MR) is 99.0 cm³/mol. The first-order valence-electron chi connectivity index (χ1n) is 8.54. The Balaban J connectivity index is 2.60. The summed E-state index contributed by atoms with van der Waals surface area (Å²) in [6.07, 6.45) is -0.620. The molecule has 0 aliphatic carbocycles. The van der Waals surface area contributed by atoms with Crippen molar-refractivity contribution in [3.63, 3.8) is 0 Å². The molecule has 2 N–H and O–H groups in total. The number of ether oxygens (including phenoxy) is 2. The Bertz CT molecular complexity index is 650. The maximum atomic E-state index is 12.1. The van der Waals surface area contributed by atoms with E-state index in [0.29, 0.717) is 5.69 Å². The van der Waals surface area contributed by atoms with Crippen molar-refractivity contribution in [2.75, 3.05) is 11.9 Å². The Morgan fingerprint density at radius 3 is 2.35 bits per heavy atom. The van der Waals surface area contributed by atoms with E-state index in [1.807, 2.05) is 20.8 Å². The summed E-state index contributed by atoms with van der Waals surface area (Å²) >= 11 is 0. The molecule has 0 aliphatic rings. The Morgan fingerprint density at radius 2 is 1.77 bits per heavy atom. The molecule has 0 radical (unpaired) electrons. The normalized spacial score (nSPS) is 12.3. The van der Waals surface area contributed by atoms with Gasteiger partial charge in [0.25, 0.3) is 5.91 Å². The van der Waals surface area contributed by atoms with Crippen molar-refractivity contribution in [2.45, 2.75) is 53.2 Å². The van der Waals surface area contributed by atoms with Gasteiger partial charge in [-0.05, 0) is 51.8 Å². The zero-order chi connectivity index (χ0) is 19.9. The number of anilines is 1. The molecule has 0 saturated carbocycles. The van der Waals surface area contributed by atoms with Crippen LogP contribution < -0.4 is 10.6 Å². The van der Waals surface area contributed by atoms with Crippen molar-refractivity contribution in [1.82, 2.24) is 5.32 Å². The number of hydrogen-bond donors (Lipinski definition) is 2. The van der Waals surface area contributed by atoms with Gasteiger partial charge in [0.05, 0.1) is 5.56 Å². The van der Waals surface area contributed by atoms with E-state index < -0.39 is 17.7 Å². The Hall–Kier alpha value is -2.57. The van der Waals surface area contributed by atoms with Gasteiger partial charge < -0.3 is 14.8 Å². The molecule has 1 aromatic carbocycles. The maximum Gasteiger partial charge on any atom is 0.412 e. The molecule has 2 amide bonds. The number of nitrogens with one attached hydrogen (secondary N) is 2. The smallest absolute Gasteiger partial charge is 0.412 e. The fourth-order valence-electron chi connectivity index (χ4n) is 1.82. The summed E-state index contributed by atoms with van der Waals surface area (Å²) < 4.78 is 10.2. The highest BCUT2D eigenvalue weighted by atomic mass is 16.6. The molecule has 0 saturated heterocycles. The van der Waals surface area contributed by atoms with Crippen LogP contribution in [0, 0.1) is 5.92 Å². The van der Waals surface area contributed by atoms with E-state index in [9.17, 15) is 14.4 Å². The highest BCUT2D eigenvalue weighted by Gasteiger charge is 2.17. The first-order chi connectivity index (χ1) is 12.0. The number of benzene rings is 1. The molecule has 1 atom stereocenters. The van der Waals surface area contributed by atoms with E-state index in [-0.39, 0.29) is 30.0 Å². The second kappa shape index (κ2) is 9.22. The van der Waals surface area contributed by atoms with Crippen LogP contribution in [0.1, 0.15) is 51.9 Å². The zero-order valence-electron chi connectivity index (χ0n) is 16.2. The zero-order valence-corrected chi connectivity index (χ0v) is 16.2. The van der Waals surface area contributed by atoms with Gasteiger partial charge in [-0.2, -0.15) is 0 Å². The molecule has 26 heavy (non-hydrogen) atoms. The summed E-state index contributed by atoms with van der Waals surface area (Å²) in [4.78, 5) is 35.6. The number of hydrogen-bond acceptors (Lipinski definition) is 5. The number of rotatable bonds is 6. The Morgan fingerprint density at radius 1 is 1.12 bits per heavy atom. The summed E-state index contributed by atoms with van der Waals surface area (Å²) in [6.45, 7) is 10.8. The minimum absolute atomic E-state index is 0.0115. The fourth-order valence-corrected chi connectivity index (χ4v) is 1.82. The van der Waals surface area contributed by atoms with Crippen LogP contribution in [-0.2, 0) is 14.3 Å². The Labute approximate surface area is 154 Å². The summed E-state index contributed by atoms with van der Waals surface area (Å²) in [6, 6.07) is 6.21. The lowest BCUT2D eigenvalue weighted by Gasteiger charge is -2.19. The second-order valence-electron chi connectivity index (χ2n) is 7.38. The van der Waals surface area contributed by atoms with E-state index in [1.165, 1.54) is 12.1 Å². The van der Waals surface area contributed by atoms with Crippen LogP contribution in [0.2, 0.25) is 0 Å². The van der Waals surface area contributed by atoms with Crippen molar-refractivity contribution in [1.29, 1.82) is 0 Å². The van der Waals surface area contributed by atoms with Gasteiger partial charge in [-0.25, -0.2) is 9.59 Å². The summed E-state index contributed by atoms with van der Waals surface area (Å²) in [5.74, 6) is -0.724. The molecule has 0 unspecified atom stereocenters. The van der Waals surface area contributed by atoms with Crippen LogP contribution in [0.4, 0.5) is 10.5 Å². The maximum absolute atomic E-state index is 12.1. The average Bonchev–Trinajstić information content (AvgIpc) is 2.50. The van der Waals surface area contributed by atoms with E-state index in [2.05, 4.69) is 10.6 Å². The van der Waals surface area contributed by atoms with Crippen LogP contribution in [0.25, 0.3) is 0 Å². The van der Waals surface area contributed by atoms with Crippen molar-refractivity contribution in [2.24, 2.45) is 5.92 Å². The molecular weight excluding hydrogens is 336 g/mol. The van der Waals surface area contributed by atoms with Crippen LogP contribution in [0.15, 0.2) is 24.3 Å². The van der Waals surface area contributed by atoms with Gasteiger partial charge in [0.15, 0.2) is 6.61 Å². The van der Waals surface area contributed by atoms with Crippen molar-refractivity contribution in [3.8, 4) is 0 Å². The fraction of sp³-hybridized carbons (Fsp3) is 0.526. The first-order valence-corrected chi connectivity index (χ1v) is 8.54. The van der Waals surface area contributed by atoms with Gasteiger partial charge in [0.1, 0.15) is 5.60 Å². The molecule has 0 bridgehead atoms. The van der Waals surface area contributed by atoms with E-state index in [4.69, 9.17) is 9.47 Å². The second-order valence-corrected chi connectivity index (χ2v) is 7.38. The van der Waals surface area contributed by atoms with Crippen molar-refractivity contribution in [3.05, 3.63) is 29.8 Å². The van der Waals surface area contributed by atoms with Crippen LogP contribution in [0.3, 0.4) is 0 Å². The third-order valence-electron chi connectivity index (χ3n) is 3.47. The lowest BCUT2D eigenvalue weighted by molar-refractivity contribution is -0.125. The molecular formula is C19H28N2O5. The topological polar surface area (TPSA) is 93.7 Å². The lowest BCUT2D eigenvalue weighted by atomic mass is 10.1. The average molecular weight is 364 g/mol. The van der Waals surface area contributed by atoms with E-state index >= 15 is 0 Å². The largest absolute Gasteiger partial charge is 0.452 e.